The lowest BCUT2D eigenvalue weighted by Gasteiger charge is -2.28. The monoisotopic (exact) mass is 288 g/mol. The van der Waals surface area contributed by atoms with E-state index in [1.807, 2.05) is 0 Å². The molecule has 0 radical (unpaired) electrons. The number of para-hydroxylation sites is 1. The number of ether oxygens (including phenoxy) is 2. The Balaban J connectivity index is 2.51. The lowest BCUT2D eigenvalue weighted by atomic mass is 10.0. The summed E-state index contributed by atoms with van der Waals surface area (Å²) in [5.41, 5.74) is -0.453. The molecule has 1 aromatic carbocycles. The Labute approximate surface area is 112 Å². The van der Waals surface area contributed by atoms with Gasteiger partial charge in [-0.2, -0.15) is 13.2 Å². The number of alkyl halides is 3. The first-order valence-electron chi connectivity index (χ1n) is 5.78. The van der Waals surface area contributed by atoms with Gasteiger partial charge in [-0.25, -0.2) is 4.79 Å². The molecule has 0 spiro atoms. The number of aromatic hydroxyl groups is 1. The molecular weight excluding hydrogens is 277 g/mol. The van der Waals surface area contributed by atoms with Crippen LogP contribution >= 0.6 is 0 Å². The van der Waals surface area contributed by atoms with E-state index in [4.69, 9.17) is 4.74 Å². The number of esters is 1. The van der Waals surface area contributed by atoms with Crippen molar-refractivity contribution in [2.75, 3.05) is 6.61 Å². The second-order valence-corrected chi connectivity index (χ2v) is 4.06. The number of carbonyl (C=O) groups is 1. The minimum absolute atomic E-state index is 0.0480. The molecule has 108 valence electrons. The molecular formula is C13H11F3O4. The van der Waals surface area contributed by atoms with E-state index in [1.54, 1.807) is 0 Å². The summed E-state index contributed by atoms with van der Waals surface area (Å²) in [7, 11) is 0. The van der Waals surface area contributed by atoms with Crippen molar-refractivity contribution in [3.8, 4) is 11.5 Å². The van der Waals surface area contributed by atoms with Crippen molar-refractivity contribution in [1.82, 2.24) is 0 Å². The average Bonchev–Trinajstić information content (AvgIpc) is 2.37. The zero-order chi connectivity index (χ0) is 14.9. The van der Waals surface area contributed by atoms with E-state index in [0.717, 1.165) is 6.08 Å². The average molecular weight is 288 g/mol. The lowest BCUT2D eigenvalue weighted by Crippen LogP contribution is -2.40. The minimum atomic E-state index is -4.79. The van der Waals surface area contributed by atoms with E-state index >= 15 is 0 Å². The molecule has 7 heteroatoms. The maximum absolute atomic E-state index is 13.0. The SMILES string of the molecule is CCOC(=O)C1=Cc2cccc(O)c2OC1C(F)(F)F. The molecule has 1 atom stereocenters. The number of hydrogen-bond acceptors (Lipinski definition) is 4. The van der Waals surface area contributed by atoms with Crippen LogP contribution in [-0.2, 0) is 9.53 Å². The van der Waals surface area contributed by atoms with Crippen molar-refractivity contribution < 1.29 is 32.5 Å². The van der Waals surface area contributed by atoms with Crippen molar-refractivity contribution in [2.45, 2.75) is 19.2 Å². The highest BCUT2D eigenvalue weighted by Gasteiger charge is 2.49. The summed E-state index contributed by atoms with van der Waals surface area (Å²) in [5.74, 6) is -1.82. The first-order valence-corrected chi connectivity index (χ1v) is 5.78. The Bertz CT molecular complexity index is 563. The molecule has 0 amide bonds. The third kappa shape index (κ3) is 2.56. The topological polar surface area (TPSA) is 55.8 Å². The second-order valence-electron chi connectivity index (χ2n) is 4.06. The fraction of sp³-hybridized carbons (Fsp3) is 0.308. The van der Waals surface area contributed by atoms with Crippen LogP contribution in [0.15, 0.2) is 23.8 Å². The number of benzene rings is 1. The Morgan fingerprint density at radius 3 is 2.75 bits per heavy atom. The summed E-state index contributed by atoms with van der Waals surface area (Å²) in [4.78, 5) is 11.6. The van der Waals surface area contributed by atoms with Crippen LogP contribution in [0.4, 0.5) is 13.2 Å². The summed E-state index contributed by atoms with van der Waals surface area (Å²) in [6, 6.07) is 4.07. The molecule has 0 aliphatic carbocycles. The molecule has 1 aliphatic heterocycles. The van der Waals surface area contributed by atoms with Crippen molar-refractivity contribution in [1.29, 1.82) is 0 Å². The van der Waals surface area contributed by atoms with Crippen LogP contribution in [0, 0.1) is 0 Å². The predicted molar refractivity (Wildman–Crippen MR) is 63.2 cm³/mol. The summed E-state index contributed by atoms with van der Waals surface area (Å²) >= 11 is 0. The molecule has 4 nitrogen and oxygen atoms in total. The number of phenolic OH excluding ortho intramolecular Hbond substituents is 1. The fourth-order valence-electron chi connectivity index (χ4n) is 1.83. The molecule has 1 aliphatic rings. The summed E-state index contributed by atoms with van der Waals surface area (Å²) in [5, 5.41) is 9.53. The maximum atomic E-state index is 13.0. The normalized spacial score (nSPS) is 17.8. The standard InChI is InChI=1S/C13H11F3O4/c1-2-19-12(18)8-6-7-4-3-5-9(17)10(7)20-11(8)13(14,15)16/h3-6,11,17H,2H2,1H3. The molecule has 0 saturated carbocycles. The van der Waals surface area contributed by atoms with Gasteiger partial charge in [0.25, 0.3) is 0 Å². The number of carbonyl (C=O) groups excluding carboxylic acids is 1. The number of halogens is 3. The molecule has 2 rings (SSSR count). The predicted octanol–water partition coefficient (Wildman–Crippen LogP) is 2.66. The molecule has 1 heterocycles. The van der Waals surface area contributed by atoms with Crippen LogP contribution in [0.5, 0.6) is 11.5 Å². The van der Waals surface area contributed by atoms with Gasteiger partial charge in [0.05, 0.1) is 12.2 Å². The second kappa shape index (κ2) is 5.07. The van der Waals surface area contributed by atoms with E-state index in [-0.39, 0.29) is 17.9 Å². The Hall–Kier alpha value is -2.18. The highest BCUT2D eigenvalue weighted by molar-refractivity contribution is 5.96. The van der Waals surface area contributed by atoms with Crippen LogP contribution in [0.25, 0.3) is 6.08 Å². The number of rotatable bonds is 2. The van der Waals surface area contributed by atoms with Gasteiger partial charge in [-0.3, -0.25) is 0 Å². The lowest BCUT2D eigenvalue weighted by molar-refractivity contribution is -0.188. The third-order valence-electron chi connectivity index (χ3n) is 2.66. The summed E-state index contributed by atoms with van der Waals surface area (Å²) < 4.78 is 48.3. The van der Waals surface area contributed by atoms with E-state index < -0.39 is 29.6 Å². The van der Waals surface area contributed by atoms with E-state index in [1.165, 1.54) is 25.1 Å². The van der Waals surface area contributed by atoms with Gasteiger partial charge >= 0.3 is 12.1 Å². The molecule has 20 heavy (non-hydrogen) atoms. The molecule has 0 saturated heterocycles. The van der Waals surface area contributed by atoms with Crippen molar-refractivity contribution in [3.05, 3.63) is 29.3 Å². The van der Waals surface area contributed by atoms with Crippen LogP contribution in [-0.4, -0.2) is 30.0 Å². The van der Waals surface area contributed by atoms with Crippen molar-refractivity contribution in [3.63, 3.8) is 0 Å². The number of phenols is 1. The Morgan fingerprint density at radius 2 is 2.15 bits per heavy atom. The molecule has 1 N–H and O–H groups in total. The summed E-state index contributed by atoms with van der Waals surface area (Å²) in [6.07, 6.45) is -6.23. The van der Waals surface area contributed by atoms with Crippen LogP contribution in [0.1, 0.15) is 12.5 Å². The maximum Gasteiger partial charge on any atom is 0.430 e. The fourth-order valence-corrected chi connectivity index (χ4v) is 1.83. The highest BCUT2D eigenvalue weighted by atomic mass is 19.4. The zero-order valence-corrected chi connectivity index (χ0v) is 10.4. The largest absolute Gasteiger partial charge is 0.504 e. The van der Waals surface area contributed by atoms with Crippen molar-refractivity contribution >= 4 is 12.0 Å². The zero-order valence-electron chi connectivity index (χ0n) is 10.4. The first kappa shape index (κ1) is 14.2. The quantitative estimate of drug-likeness (QED) is 0.850. The van der Waals surface area contributed by atoms with Gasteiger partial charge in [0, 0.05) is 5.56 Å². The van der Waals surface area contributed by atoms with Gasteiger partial charge in [-0.1, -0.05) is 12.1 Å². The Kier molecular flexibility index (Phi) is 3.61. The molecule has 0 aromatic heterocycles. The molecule has 0 fully saturated rings. The summed E-state index contributed by atoms with van der Waals surface area (Å²) in [6.45, 7) is 1.44. The minimum Gasteiger partial charge on any atom is -0.504 e. The molecule has 1 aromatic rings. The molecule has 1 unspecified atom stereocenters. The molecule has 0 bridgehead atoms. The highest BCUT2D eigenvalue weighted by Crippen LogP contribution is 2.41. The van der Waals surface area contributed by atoms with Crippen LogP contribution in [0.3, 0.4) is 0 Å². The number of fused-ring (bicyclic) bond motifs is 1. The van der Waals surface area contributed by atoms with Gasteiger partial charge in [-0.15, -0.1) is 0 Å². The van der Waals surface area contributed by atoms with Crippen LogP contribution < -0.4 is 4.74 Å². The smallest absolute Gasteiger partial charge is 0.430 e. The number of hydrogen-bond donors (Lipinski definition) is 1. The van der Waals surface area contributed by atoms with Gasteiger partial charge in [0.1, 0.15) is 0 Å². The van der Waals surface area contributed by atoms with E-state index in [0.29, 0.717) is 0 Å². The van der Waals surface area contributed by atoms with Gasteiger partial charge in [-0.05, 0) is 19.1 Å². The Morgan fingerprint density at radius 1 is 1.45 bits per heavy atom. The van der Waals surface area contributed by atoms with Crippen molar-refractivity contribution in [2.24, 2.45) is 0 Å². The van der Waals surface area contributed by atoms with Gasteiger partial charge in [0.15, 0.2) is 11.5 Å². The van der Waals surface area contributed by atoms with E-state index in [9.17, 15) is 23.1 Å². The third-order valence-corrected chi connectivity index (χ3v) is 2.66. The van der Waals surface area contributed by atoms with Gasteiger partial charge in [0.2, 0.25) is 6.10 Å². The van der Waals surface area contributed by atoms with E-state index in [2.05, 4.69) is 4.74 Å². The first-order chi connectivity index (χ1) is 9.34. The van der Waals surface area contributed by atoms with Crippen LogP contribution in [0.2, 0.25) is 0 Å². The van der Waals surface area contributed by atoms with Gasteiger partial charge < -0.3 is 14.6 Å².